The first kappa shape index (κ1) is 15.5. The number of amides is 1. The molecular weight excluding hydrogens is 334 g/mol. The fraction of sp³-hybridized carbons (Fsp3) is 0.0500. The van der Waals surface area contributed by atoms with Crippen LogP contribution in [0.3, 0.4) is 0 Å². The van der Waals surface area contributed by atoms with Gasteiger partial charge in [-0.25, -0.2) is 4.99 Å². The molecule has 1 amide bonds. The lowest BCUT2D eigenvalue weighted by molar-refractivity contribution is -0.110. The summed E-state index contributed by atoms with van der Waals surface area (Å²) in [6, 6.07) is 17.3. The van der Waals surface area contributed by atoms with Crippen molar-refractivity contribution < 1.29 is 4.79 Å². The summed E-state index contributed by atoms with van der Waals surface area (Å²) < 4.78 is 0. The minimum atomic E-state index is -0.232. The molecule has 1 aliphatic heterocycles. The Balaban J connectivity index is 1.60. The molecule has 0 saturated carbocycles. The normalized spacial score (nSPS) is 14.4. The van der Waals surface area contributed by atoms with Gasteiger partial charge in [-0.2, -0.15) is 0 Å². The number of rotatable bonds is 3. The maximum Gasteiger partial charge on any atom is 0.275 e. The SMILES string of the molecule is O=C1Nc2c(Cl)cccc2C1=Nc1ccc(Cc2ccncc2)cc1. The number of hydrogen-bond acceptors (Lipinski definition) is 3. The van der Waals surface area contributed by atoms with Crippen LogP contribution in [0.25, 0.3) is 0 Å². The summed E-state index contributed by atoms with van der Waals surface area (Å²) in [5.74, 6) is -0.232. The third-order valence-corrected chi connectivity index (χ3v) is 4.37. The number of fused-ring (bicyclic) bond motifs is 1. The van der Waals surface area contributed by atoms with Crippen molar-refractivity contribution in [3.8, 4) is 0 Å². The molecule has 0 spiro atoms. The van der Waals surface area contributed by atoms with E-state index in [1.54, 1.807) is 18.5 Å². The van der Waals surface area contributed by atoms with Gasteiger partial charge in [-0.1, -0.05) is 35.9 Å². The Kier molecular flexibility index (Phi) is 4.04. The first-order valence-electron chi connectivity index (χ1n) is 7.87. The van der Waals surface area contributed by atoms with Gasteiger partial charge in [-0.3, -0.25) is 9.78 Å². The lowest BCUT2D eigenvalue weighted by Crippen LogP contribution is -2.13. The fourth-order valence-corrected chi connectivity index (χ4v) is 3.03. The van der Waals surface area contributed by atoms with Gasteiger partial charge in [-0.05, 0) is 47.9 Å². The average Bonchev–Trinajstić information content (AvgIpc) is 2.95. The molecule has 0 saturated heterocycles. The number of para-hydroxylation sites is 1. The second-order valence-corrected chi connectivity index (χ2v) is 6.18. The molecule has 1 aromatic heterocycles. The Morgan fingerprint density at radius 3 is 2.44 bits per heavy atom. The number of halogens is 1. The van der Waals surface area contributed by atoms with Crippen molar-refractivity contribution in [2.75, 3.05) is 5.32 Å². The molecular formula is C20H14ClN3O. The van der Waals surface area contributed by atoms with Crippen LogP contribution in [0, 0.1) is 0 Å². The molecule has 1 aliphatic rings. The van der Waals surface area contributed by atoms with Gasteiger partial charge >= 0.3 is 0 Å². The fourth-order valence-electron chi connectivity index (χ4n) is 2.81. The molecule has 2 heterocycles. The highest BCUT2D eigenvalue weighted by Crippen LogP contribution is 2.32. The molecule has 0 fully saturated rings. The van der Waals surface area contributed by atoms with Crippen molar-refractivity contribution in [2.45, 2.75) is 6.42 Å². The average molecular weight is 348 g/mol. The Bertz CT molecular complexity index is 966. The summed E-state index contributed by atoms with van der Waals surface area (Å²) in [4.78, 5) is 20.7. The second-order valence-electron chi connectivity index (χ2n) is 5.78. The number of aliphatic imine (C=N–C) groups is 1. The molecule has 2 aromatic carbocycles. The number of nitrogens with zero attached hydrogens (tertiary/aromatic N) is 2. The molecule has 0 radical (unpaired) electrons. The van der Waals surface area contributed by atoms with Crippen LogP contribution in [0.5, 0.6) is 0 Å². The van der Waals surface area contributed by atoms with Gasteiger partial charge in [0.1, 0.15) is 5.71 Å². The Hall–Kier alpha value is -2.98. The highest BCUT2D eigenvalue weighted by atomic mass is 35.5. The van der Waals surface area contributed by atoms with Gasteiger partial charge in [0.25, 0.3) is 5.91 Å². The van der Waals surface area contributed by atoms with Crippen molar-refractivity contribution in [3.63, 3.8) is 0 Å². The van der Waals surface area contributed by atoms with E-state index in [1.165, 1.54) is 11.1 Å². The number of anilines is 1. The quantitative estimate of drug-likeness (QED) is 0.763. The highest BCUT2D eigenvalue weighted by Gasteiger charge is 2.27. The maximum absolute atomic E-state index is 12.2. The number of benzene rings is 2. The van der Waals surface area contributed by atoms with E-state index in [0.29, 0.717) is 16.4 Å². The van der Waals surface area contributed by atoms with Gasteiger partial charge < -0.3 is 5.32 Å². The van der Waals surface area contributed by atoms with E-state index in [0.717, 1.165) is 17.7 Å². The van der Waals surface area contributed by atoms with E-state index in [4.69, 9.17) is 11.6 Å². The molecule has 0 unspecified atom stereocenters. The van der Waals surface area contributed by atoms with Crippen LogP contribution in [-0.2, 0) is 11.2 Å². The maximum atomic E-state index is 12.2. The first-order chi connectivity index (χ1) is 12.2. The molecule has 0 atom stereocenters. The summed E-state index contributed by atoms with van der Waals surface area (Å²) >= 11 is 6.13. The topological polar surface area (TPSA) is 54.4 Å². The number of hydrogen-bond donors (Lipinski definition) is 1. The minimum absolute atomic E-state index is 0.232. The van der Waals surface area contributed by atoms with Gasteiger partial charge in [0, 0.05) is 18.0 Å². The predicted octanol–water partition coefficient (Wildman–Crippen LogP) is 4.40. The largest absolute Gasteiger partial charge is 0.319 e. The zero-order valence-electron chi connectivity index (χ0n) is 13.2. The van der Waals surface area contributed by atoms with Gasteiger partial charge in [0.2, 0.25) is 0 Å². The number of pyridine rings is 1. The van der Waals surface area contributed by atoms with E-state index in [1.807, 2.05) is 48.5 Å². The second kappa shape index (κ2) is 6.49. The van der Waals surface area contributed by atoms with Gasteiger partial charge in [0.15, 0.2) is 0 Å². The first-order valence-corrected chi connectivity index (χ1v) is 8.25. The van der Waals surface area contributed by atoms with Crippen molar-refractivity contribution in [3.05, 3.63) is 88.7 Å². The van der Waals surface area contributed by atoms with Crippen LogP contribution in [0.2, 0.25) is 5.02 Å². The summed E-state index contributed by atoms with van der Waals surface area (Å²) in [5, 5.41) is 3.29. The number of aromatic nitrogens is 1. The third kappa shape index (κ3) is 3.16. The Labute approximate surface area is 150 Å². The predicted molar refractivity (Wildman–Crippen MR) is 99.8 cm³/mol. The smallest absolute Gasteiger partial charge is 0.275 e. The van der Waals surface area contributed by atoms with Crippen molar-refractivity contribution in [2.24, 2.45) is 4.99 Å². The molecule has 25 heavy (non-hydrogen) atoms. The van der Waals surface area contributed by atoms with E-state index in [-0.39, 0.29) is 5.91 Å². The van der Waals surface area contributed by atoms with Crippen LogP contribution in [-0.4, -0.2) is 16.6 Å². The van der Waals surface area contributed by atoms with E-state index < -0.39 is 0 Å². The van der Waals surface area contributed by atoms with Crippen LogP contribution in [0.1, 0.15) is 16.7 Å². The summed E-state index contributed by atoms with van der Waals surface area (Å²) in [6.07, 6.45) is 4.41. The number of carbonyl (C=O) groups is 1. The zero-order valence-corrected chi connectivity index (χ0v) is 14.0. The van der Waals surface area contributed by atoms with Crippen molar-refractivity contribution in [1.82, 2.24) is 4.98 Å². The molecule has 0 aliphatic carbocycles. The number of nitrogens with one attached hydrogen (secondary N) is 1. The van der Waals surface area contributed by atoms with Crippen molar-refractivity contribution >= 4 is 34.6 Å². The molecule has 5 heteroatoms. The summed E-state index contributed by atoms with van der Waals surface area (Å²) in [5.41, 5.74) is 4.86. The van der Waals surface area contributed by atoms with Gasteiger partial charge in [0.05, 0.1) is 16.4 Å². The minimum Gasteiger partial charge on any atom is -0.319 e. The lowest BCUT2D eigenvalue weighted by Gasteiger charge is -2.03. The van der Waals surface area contributed by atoms with E-state index in [2.05, 4.69) is 15.3 Å². The van der Waals surface area contributed by atoms with Gasteiger partial charge in [-0.15, -0.1) is 0 Å². The number of carbonyl (C=O) groups excluding carboxylic acids is 1. The standard InChI is InChI=1S/C20H14ClN3O/c21-17-3-1-2-16-18(17)24-20(25)19(16)23-15-6-4-13(5-7-15)12-14-8-10-22-11-9-14/h1-11H,12H2,(H,23,24,25). The third-order valence-electron chi connectivity index (χ3n) is 4.06. The van der Waals surface area contributed by atoms with Crippen LogP contribution < -0.4 is 5.32 Å². The summed E-state index contributed by atoms with van der Waals surface area (Å²) in [6.45, 7) is 0. The monoisotopic (exact) mass is 347 g/mol. The molecule has 122 valence electrons. The van der Waals surface area contributed by atoms with Crippen LogP contribution in [0.15, 0.2) is 72.0 Å². The highest BCUT2D eigenvalue weighted by molar-refractivity contribution is 6.55. The molecule has 4 nitrogen and oxygen atoms in total. The lowest BCUT2D eigenvalue weighted by atomic mass is 10.1. The summed E-state index contributed by atoms with van der Waals surface area (Å²) in [7, 11) is 0. The van der Waals surface area contributed by atoms with E-state index >= 15 is 0 Å². The molecule has 0 bridgehead atoms. The van der Waals surface area contributed by atoms with Crippen molar-refractivity contribution in [1.29, 1.82) is 0 Å². The molecule has 1 N–H and O–H groups in total. The van der Waals surface area contributed by atoms with E-state index in [9.17, 15) is 4.79 Å². The van der Waals surface area contributed by atoms with Crippen LogP contribution >= 0.6 is 11.6 Å². The van der Waals surface area contributed by atoms with Crippen LogP contribution in [0.4, 0.5) is 11.4 Å². The molecule has 3 aromatic rings. The Morgan fingerprint density at radius 2 is 1.68 bits per heavy atom. The Morgan fingerprint density at radius 1 is 0.960 bits per heavy atom. The zero-order chi connectivity index (χ0) is 17.2. The molecule has 4 rings (SSSR count).